The molecule has 5 aromatic carbocycles. The molecule has 0 radical (unpaired) electrons. The van der Waals surface area contributed by atoms with Crippen LogP contribution >= 0.6 is 12.4 Å². The van der Waals surface area contributed by atoms with Gasteiger partial charge in [0, 0.05) is 26.9 Å². The minimum atomic E-state index is -2.62. The molecule has 1 nitrogen and oxygen atoms in total. The fourth-order valence-corrected chi connectivity index (χ4v) is 16.4. The number of benzene rings is 5. The Labute approximate surface area is 231 Å². The molecule has 0 aliphatic carbocycles. The molecule has 5 rings (SSSR count). The lowest BCUT2D eigenvalue weighted by Crippen LogP contribution is -2.36. The highest BCUT2D eigenvalue weighted by Gasteiger charge is 2.41. The monoisotopic (exact) mass is 553 g/mol. The van der Waals surface area contributed by atoms with E-state index in [1.54, 1.807) is 0 Å². The van der Waals surface area contributed by atoms with Crippen LogP contribution in [-0.4, -0.2) is 0 Å². The highest BCUT2D eigenvalue weighted by atomic mass is 32.5. The van der Waals surface area contributed by atoms with Crippen LogP contribution in [0.5, 0.6) is 0 Å². The van der Waals surface area contributed by atoms with E-state index in [0.29, 0.717) is 0 Å². The minimum absolute atomic E-state index is 0.983. The molecule has 0 heterocycles. The third-order valence-electron chi connectivity index (χ3n) is 6.53. The van der Waals surface area contributed by atoms with E-state index in [4.69, 9.17) is 23.6 Å². The summed E-state index contributed by atoms with van der Waals surface area (Å²) in [5.74, 6) is 0. The summed E-state index contributed by atoms with van der Waals surface area (Å²) in [7, 11) is 0. The van der Waals surface area contributed by atoms with E-state index in [9.17, 15) is 0 Å². The molecule has 37 heavy (non-hydrogen) atoms. The summed E-state index contributed by atoms with van der Waals surface area (Å²) in [6.45, 7) is 2.18. The van der Waals surface area contributed by atoms with Crippen molar-refractivity contribution >= 4 is 62.9 Å². The predicted octanol–water partition coefficient (Wildman–Crippen LogP) is 7.15. The highest BCUT2D eigenvalue weighted by Crippen LogP contribution is 2.66. The molecule has 184 valence electrons. The van der Waals surface area contributed by atoms with Crippen LogP contribution in [0.25, 0.3) is 0 Å². The normalized spacial score (nSPS) is 11.7. The van der Waals surface area contributed by atoms with Gasteiger partial charge in [0.25, 0.3) is 0 Å². The van der Waals surface area contributed by atoms with Crippen LogP contribution in [0.1, 0.15) is 12.5 Å². The molecule has 5 heteroatoms. The molecule has 0 saturated heterocycles. The van der Waals surface area contributed by atoms with Gasteiger partial charge in [-0.25, -0.2) is 0 Å². The van der Waals surface area contributed by atoms with Gasteiger partial charge in [-0.05, 0) is 24.1 Å². The molecule has 0 aromatic heterocycles. The largest absolute Gasteiger partial charge is 0.300 e. The van der Waals surface area contributed by atoms with Gasteiger partial charge in [0.1, 0.15) is 0 Å². The van der Waals surface area contributed by atoms with Crippen LogP contribution in [0.15, 0.2) is 146 Å². The Hall–Kier alpha value is -2.80. The van der Waals surface area contributed by atoms with Crippen LogP contribution in [0, 0.1) is 0 Å². The van der Waals surface area contributed by atoms with Gasteiger partial charge in [0.2, 0.25) is 0 Å². The summed E-state index contributed by atoms with van der Waals surface area (Å²) >= 11 is 13.9. The Bertz CT molecular complexity index is 1360. The molecule has 0 aliphatic heterocycles. The van der Waals surface area contributed by atoms with Crippen molar-refractivity contribution in [2.24, 2.45) is 0 Å². The Morgan fingerprint density at radius 3 is 1.03 bits per heavy atom. The second-order valence-electron chi connectivity index (χ2n) is 8.80. The molecule has 0 unspecified atom stereocenters. The molecular formula is C32H29NP2S2. The van der Waals surface area contributed by atoms with E-state index in [0.717, 1.165) is 33.3 Å². The average molecular weight is 554 g/mol. The Kier molecular flexibility index (Phi) is 7.89. The first kappa shape index (κ1) is 25.8. The fraction of sp³-hybridized carbons (Fsp3) is 0.0625. The van der Waals surface area contributed by atoms with E-state index < -0.39 is 12.4 Å². The van der Waals surface area contributed by atoms with Crippen molar-refractivity contribution in [1.82, 2.24) is 0 Å². The first-order chi connectivity index (χ1) is 18.1. The van der Waals surface area contributed by atoms with Gasteiger partial charge in [-0.1, -0.05) is 164 Å². The Morgan fingerprint density at radius 1 is 0.459 bits per heavy atom. The number of hydrogen-bond donors (Lipinski definition) is 0. The summed E-state index contributed by atoms with van der Waals surface area (Å²) in [5.41, 5.74) is 2.37. The lowest BCUT2D eigenvalue weighted by atomic mass is 10.2. The van der Waals surface area contributed by atoms with Crippen molar-refractivity contribution in [3.63, 3.8) is 0 Å². The first-order valence-electron chi connectivity index (χ1n) is 12.4. The average Bonchev–Trinajstić information content (AvgIpc) is 2.99. The van der Waals surface area contributed by atoms with E-state index >= 15 is 0 Å². The van der Waals surface area contributed by atoms with Crippen LogP contribution in [0.3, 0.4) is 0 Å². The zero-order valence-corrected chi connectivity index (χ0v) is 24.1. The van der Waals surface area contributed by atoms with Crippen molar-refractivity contribution in [3.05, 3.63) is 151 Å². The molecule has 0 bridgehead atoms. The van der Waals surface area contributed by atoms with Crippen LogP contribution in [0.4, 0.5) is 5.69 Å². The van der Waals surface area contributed by atoms with Crippen molar-refractivity contribution in [2.45, 2.75) is 13.3 Å². The molecule has 0 N–H and O–H groups in total. The molecule has 0 spiro atoms. The van der Waals surface area contributed by atoms with Crippen molar-refractivity contribution < 1.29 is 0 Å². The van der Waals surface area contributed by atoms with Crippen LogP contribution < -0.4 is 25.7 Å². The zero-order valence-electron chi connectivity index (χ0n) is 20.7. The molecule has 0 saturated carbocycles. The van der Waals surface area contributed by atoms with Crippen LogP contribution in [-0.2, 0) is 30.0 Å². The number of aryl methyl sites for hydroxylation is 1. The van der Waals surface area contributed by atoms with Gasteiger partial charge in [-0.15, -0.1) is 0 Å². The Morgan fingerprint density at radius 2 is 0.757 bits per heavy atom. The van der Waals surface area contributed by atoms with Gasteiger partial charge in [-0.3, -0.25) is 0 Å². The van der Waals surface area contributed by atoms with E-state index in [1.807, 2.05) is 0 Å². The molecular weight excluding hydrogens is 524 g/mol. The Balaban J connectivity index is 1.92. The summed E-state index contributed by atoms with van der Waals surface area (Å²) in [5, 5.41) is 4.54. The van der Waals surface area contributed by atoms with Gasteiger partial charge in [0.05, 0.1) is 12.4 Å². The van der Waals surface area contributed by atoms with E-state index in [1.165, 1.54) is 5.56 Å². The van der Waals surface area contributed by atoms with Crippen molar-refractivity contribution in [3.8, 4) is 0 Å². The maximum atomic E-state index is 6.95. The topological polar surface area (TPSA) is 3.24 Å². The summed E-state index contributed by atoms with van der Waals surface area (Å²) in [4.78, 5) is 0. The number of hydrogen-bond acceptors (Lipinski definition) is 2. The third kappa shape index (κ3) is 4.90. The molecule has 0 aliphatic rings. The summed E-state index contributed by atoms with van der Waals surface area (Å²) in [6.07, 6.45) is -4.26. The van der Waals surface area contributed by atoms with Crippen molar-refractivity contribution in [1.29, 1.82) is 0 Å². The van der Waals surface area contributed by atoms with Gasteiger partial charge in [-0.2, -0.15) is 0 Å². The summed E-state index contributed by atoms with van der Waals surface area (Å²) < 4.78 is 2.49. The molecule has 0 atom stereocenters. The quantitative estimate of drug-likeness (QED) is 0.188. The molecule has 5 aromatic rings. The maximum Gasteiger partial charge on any atom is 0.0971 e. The third-order valence-corrected chi connectivity index (χ3v) is 17.9. The highest BCUT2D eigenvalue weighted by molar-refractivity contribution is 8.33. The predicted molar refractivity (Wildman–Crippen MR) is 171 cm³/mol. The zero-order chi connectivity index (χ0) is 25.7. The summed E-state index contributed by atoms with van der Waals surface area (Å²) in [6, 6.07) is 51.2. The number of anilines is 1. The minimum Gasteiger partial charge on any atom is -0.300 e. The lowest BCUT2D eigenvalue weighted by Gasteiger charge is -2.45. The smallest absolute Gasteiger partial charge is 0.0971 e. The van der Waals surface area contributed by atoms with Gasteiger partial charge < -0.3 is 4.44 Å². The molecule has 0 fully saturated rings. The molecule has 0 amide bonds. The van der Waals surface area contributed by atoms with Gasteiger partial charge >= 0.3 is 0 Å². The van der Waals surface area contributed by atoms with E-state index in [-0.39, 0.29) is 0 Å². The lowest BCUT2D eigenvalue weighted by molar-refractivity contribution is 1.14. The van der Waals surface area contributed by atoms with Crippen LogP contribution in [0.2, 0.25) is 0 Å². The fourth-order valence-electron chi connectivity index (χ4n) is 4.62. The number of rotatable bonds is 8. The van der Waals surface area contributed by atoms with Gasteiger partial charge in [0.15, 0.2) is 0 Å². The first-order valence-corrected chi connectivity index (χ1v) is 17.9. The standard InChI is InChI=1S/C32H29NP2S2/c1-2-27-23-25-28(26-24-27)33(34(36,29-15-7-3-8-16-29)30-17-9-4-10-18-30)35(37,31-19-11-5-12-20-31)32-21-13-6-14-22-32/h3-26H,2H2,1H3. The van der Waals surface area contributed by atoms with E-state index in [2.05, 4.69) is 157 Å². The second kappa shape index (κ2) is 11.3. The second-order valence-corrected chi connectivity index (χ2v) is 17.5. The van der Waals surface area contributed by atoms with Crippen molar-refractivity contribution in [2.75, 3.05) is 4.44 Å². The number of nitrogens with zero attached hydrogens (tertiary/aromatic N) is 1. The maximum absolute atomic E-state index is 6.95. The SMILES string of the molecule is CCc1ccc(N(P(=S)(c2ccccc2)c2ccccc2)P(=S)(c2ccccc2)c2ccccc2)cc1.